The first-order chi connectivity index (χ1) is 6.38. The van der Waals surface area contributed by atoms with Gasteiger partial charge in [0.15, 0.2) is 0 Å². The first-order valence-corrected chi connectivity index (χ1v) is 5.54. The molecule has 1 heterocycles. The van der Waals surface area contributed by atoms with E-state index < -0.39 is 0 Å². The lowest BCUT2D eigenvalue weighted by Gasteiger charge is -2.19. The lowest BCUT2D eigenvalue weighted by molar-refractivity contribution is 0.442. The van der Waals surface area contributed by atoms with Gasteiger partial charge >= 0.3 is 0 Å². The van der Waals surface area contributed by atoms with Gasteiger partial charge in [-0.05, 0) is 39.9 Å². The fraction of sp³-hybridized carbons (Fsp3) is 0.545. The summed E-state index contributed by atoms with van der Waals surface area (Å²) in [5.41, 5.74) is 1.49. The van der Waals surface area contributed by atoms with Gasteiger partial charge in [-0.1, -0.05) is 20.8 Å². The van der Waals surface area contributed by atoms with Crippen molar-refractivity contribution in [3.8, 4) is 0 Å². The van der Waals surface area contributed by atoms with Gasteiger partial charge < -0.3 is 5.32 Å². The van der Waals surface area contributed by atoms with Gasteiger partial charge in [-0.15, -0.1) is 0 Å². The van der Waals surface area contributed by atoms with Crippen LogP contribution in [0.1, 0.15) is 26.3 Å². The van der Waals surface area contributed by atoms with Gasteiger partial charge in [-0.25, -0.2) is 4.98 Å². The maximum Gasteiger partial charge on any atom is 0.126 e. The molecule has 0 saturated heterocycles. The molecule has 0 spiro atoms. The van der Waals surface area contributed by atoms with E-state index in [1.165, 1.54) is 5.56 Å². The Morgan fingerprint density at radius 2 is 2.07 bits per heavy atom. The summed E-state index contributed by atoms with van der Waals surface area (Å²) in [5.74, 6) is 0.945. The second-order valence-corrected chi connectivity index (χ2v) is 5.59. The molecule has 0 aliphatic heterocycles. The molecule has 0 aliphatic carbocycles. The molecular weight excluding hydrogens is 240 g/mol. The van der Waals surface area contributed by atoms with Crippen molar-refractivity contribution >= 4 is 21.7 Å². The Labute approximate surface area is 94.3 Å². The van der Waals surface area contributed by atoms with E-state index >= 15 is 0 Å². The van der Waals surface area contributed by atoms with Gasteiger partial charge in [0.25, 0.3) is 0 Å². The Morgan fingerprint density at radius 3 is 2.57 bits per heavy atom. The Morgan fingerprint density at radius 1 is 1.43 bits per heavy atom. The lowest BCUT2D eigenvalue weighted by Crippen LogP contribution is -2.19. The highest BCUT2D eigenvalue weighted by Gasteiger charge is 2.09. The minimum atomic E-state index is 0.280. The third-order valence-electron chi connectivity index (χ3n) is 1.85. The SMILES string of the molecule is Cc1cc(NCC(C)(C)C)ncc1Br. The van der Waals surface area contributed by atoms with Crippen LogP contribution in [0.5, 0.6) is 0 Å². The summed E-state index contributed by atoms with van der Waals surface area (Å²) >= 11 is 3.43. The summed E-state index contributed by atoms with van der Waals surface area (Å²) in [7, 11) is 0. The van der Waals surface area contributed by atoms with Gasteiger partial charge in [-0.3, -0.25) is 0 Å². The summed E-state index contributed by atoms with van der Waals surface area (Å²) in [5, 5.41) is 3.32. The third-order valence-corrected chi connectivity index (χ3v) is 2.68. The molecule has 2 nitrogen and oxygen atoms in total. The van der Waals surface area contributed by atoms with Crippen molar-refractivity contribution in [1.29, 1.82) is 0 Å². The summed E-state index contributed by atoms with van der Waals surface area (Å²) in [6.45, 7) is 9.60. The molecule has 0 atom stereocenters. The molecule has 3 heteroatoms. The maximum absolute atomic E-state index is 4.28. The molecular formula is C11H17BrN2. The number of pyridine rings is 1. The van der Waals surface area contributed by atoms with E-state index in [0.29, 0.717) is 0 Å². The highest BCUT2D eigenvalue weighted by Crippen LogP contribution is 2.19. The largest absolute Gasteiger partial charge is 0.370 e. The highest BCUT2D eigenvalue weighted by molar-refractivity contribution is 9.10. The van der Waals surface area contributed by atoms with E-state index in [4.69, 9.17) is 0 Å². The van der Waals surface area contributed by atoms with Crippen LogP contribution in [0.3, 0.4) is 0 Å². The second-order valence-electron chi connectivity index (χ2n) is 4.73. The third kappa shape index (κ3) is 3.66. The zero-order valence-corrected chi connectivity index (χ0v) is 10.8. The van der Waals surface area contributed by atoms with Gasteiger partial charge in [0.1, 0.15) is 5.82 Å². The molecule has 0 radical (unpaired) electrons. The molecule has 14 heavy (non-hydrogen) atoms. The quantitative estimate of drug-likeness (QED) is 0.875. The van der Waals surface area contributed by atoms with Crippen molar-refractivity contribution in [3.63, 3.8) is 0 Å². The molecule has 0 amide bonds. The number of hydrogen-bond acceptors (Lipinski definition) is 2. The summed E-state index contributed by atoms with van der Waals surface area (Å²) in [6, 6.07) is 2.05. The van der Waals surface area contributed by atoms with Crippen LogP contribution in [0.15, 0.2) is 16.7 Å². The van der Waals surface area contributed by atoms with Gasteiger partial charge in [0.05, 0.1) is 0 Å². The van der Waals surface area contributed by atoms with Crippen molar-refractivity contribution in [2.45, 2.75) is 27.7 Å². The number of anilines is 1. The molecule has 1 N–H and O–H groups in total. The van der Waals surface area contributed by atoms with Crippen LogP contribution in [0.2, 0.25) is 0 Å². The van der Waals surface area contributed by atoms with Crippen molar-refractivity contribution in [3.05, 3.63) is 22.3 Å². The number of nitrogens with one attached hydrogen (secondary N) is 1. The number of nitrogens with zero attached hydrogens (tertiary/aromatic N) is 1. The summed E-state index contributed by atoms with van der Waals surface area (Å²) in [6.07, 6.45) is 1.83. The smallest absolute Gasteiger partial charge is 0.126 e. The van der Waals surface area contributed by atoms with E-state index in [2.05, 4.69) is 60.0 Å². The van der Waals surface area contributed by atoms with Crippen molar-refractivity contribution in [1.82, 2.24) is 4.98 Å². The highest BCUT2D eigenvalue weighted by atomic mass is 79.9. The average molecular weight is 257 g/mol. The van der Waals surface area contributed by atoms with E-state index in [0.717, 1.165) is 16.8 Å². The normalized spacial score (nSPS) is 11.5. The second kappa shape index (κ2) is 4.30. The molecule has 78 valence electrons. The van der Waals surface area contributed by atoms with Crippen LogP contribution in [-0.4, -0.2) is 11.5 Å². The fourth-order valence-electron chi connectivity index (χ4n) is 0.992. The van der Waals surface area contributed by atoms with Crippen LogP contribution >= 0.6 is 15.9 Å². The Hall–Kier alpha value is -0.570. The number of halogens is 1. The average Bonchev–Trinajstić information content (AvgIpc) is 2.06. The number of rotatable bonds is 2. The van der Waals surface area contributed by atoms with Crippen molar-refractivity contribution in [2.75, 3.05) is 11.9 Å². The zero-order valence-electron chi connectivity index (χ0n) is 9.19. The van der Waals surface area contributed by atoms with Crippen LogP contribution in [0, 0.1) is 12.3 Å². The van der Waals surface area contributed by atoms with Crippen LogP contribution < -0.4 is 5.32 Å². The fourth-order valence-corrected chi connectivity index (χ4v) is 1.21. The van der Waals surface area contributed by atoms with Gasteiger partial charge in [0, 0.05) is 17.2 Å². The topological polar surface area (TPSA) is 24.9 Å². The number of hydrogen-bond donors (Lipinski definition) is 1. The summed E-state index contributed by atoms with van der Waals surface area (Å²) < 4.78 is 1.05. The van der Waals surface area contributed by atoms with Gasteiger partial charge in [-0.2, -0.15) is 0 Å². The van der Waals surface area contributed by atoms with Crippen molar-refractivity contribution in [2.24, 2.45) is 5.41 Å². The standard InChI is InChI=1S/C11H17BrN2/c1-8-5-10(13-6-9(8)12)14-7-11(2,3)4/h5-6H,7H2,1-4H3,(H,13,14). The Balaban J connectivity index is 2.65. The molecule has 0 saturated carbocycles. The molecule has 0 unspecified atom stereocenters. The molecule has 1 aromatic rings. The summed E-state index contributed by atoms with van der Waals surface area (Å²) in [4.78, 5) is 4.28. The number of aromatic nitrogens is 1. The monoisotopic (exact) mass is 256 g/mol. The Bertz CT molecular complexity index is 316. The van der Waals surface area contributed by atoms with E-state index in [-0.39, 0.29) is 5.41 Å². The molecule has 1 rings (SSSR count). The van der Waals surface area contributed by atoms with E-state index in [1.54, 1.807) is 0 Å². The minimum Gasteiger partial charge on any atom is -0.370 e. The number of aryl methyl sites for hydroxylation is 1. The van der Waals surface area contributed by atoms with E-state index in [1.807, 2.05) is 6.20 Å². The predicted molar refractivity (Wildman–Crippen MR) is 64.6 cm³/mol. The molecule has 0 fully saturated rings. The maximum atomic E-state index is 4.28. The molecule has 0 aromatic carbocycles. The Kier molecular flexibility index (Phi) is 3.53. The molecule has 0 bridgehead atoms. The van der Waals surface area contributed by atoms with Gasteiger partial charge in [0.2, 0.25) is 0 Å². The minimum absolute atomic E-state index is 0.280. The predicted octanol–water partition coefficient (Wildman–Crippen LogP) is 3.61. The first kappa shape index (κ1) is 11.5. The first-order valence-electron chi connectivity index (χ1n) is 4.74. The zero-order chi connectivity index (χ0) is 10.8. The molecule has 1 aromatic heterocycles. The molecule has 0 aliphatic rings. The van der Waals surface area contributed by atoms with E-state index in [9.17, 15) is 0 Å². The van der Waals surface area contributed by atoms with Crippen LogP contribution in [0.4, 0.5) is 5.82 Å². The van der Waals surface area contributed by atoms with Crippen molar-refractivity contribution < 1.29 is 0 Å². The lowest BCUT2D eigenvalue weighted by atomic mass is 9.97. The van der Waals surface area contributed by atoms with Crippen LogP contribution in [-0.2, 0) is 0 Å². The van der Waals surface area contributed by atoms with Crippen LogP contribution in [0.25, 0.3) is 0 Å².